The number of aliphatic hydroxyl groups excluding tert-OH is 1. The zero-order chi connectivity index (χ0) is 15.1. The highest BCUT2D eigenvalue weighted by atomic mass is 16.3. The molecule has 0 aliphatic carbocycles. The van der Waals surface area contributed by atoms with E-state index in [1.165, 1.54) is 0 Å². The average Bonchev–Trinajstić information content (AvgIpc) is 2.89. The first-order valence-electron chi connectivity index (χ1n) is 7.26. The van der Waals surface area contributed by atoms with Crippen molar-refractivity contribution in [3.8, 4) is 0 Å². The lowest BCUT2D eigenvalue weighted by molar-refractivity contribution is -0.149. The molecule has 1 fully saturated rings. The van der Waals surface area contributed by atoms with Gasteiger partial charge >= 0.3 is 0 Å². The molecule has 0 bridgehead atoms. The maximum absolute atomic E-state index is 12.6. The van der Waals surface area contributed by atoms with E-state index in [1.807, 2.05) is 17.7 Å². The Hall–Kier alpha value is -1.89. The van der Waals surface area contributed by atoms with Crippen LogP contribution in [0.5, 0.6) is 0 Å². The number of nitrogens with one attached hydrogen (secondary N) is 1. The minimum absolute atomic E-state index is 0.0000926. The number of nitrogens with zero attached hydrogens (tertiary/aromatic N) is 3. The lowest BCUT2D eigenvalue weighted by Crippen LogP contribution is -2.66. The summed E-state index contributed by atoms with van der Waals surface area (Å²) in [5.74, 6) is -0.130. The molecule has 3 rings (SSSR count). The van der Waals surface area contributed by atoms with Crippen molar-refractivity contribution in [1.29, 1.82) is 0 Å². The van der Waals surface area contributed by atoms with Crippen molar-refractivity contribution >= 4 is 11.8 Å². The van der Waals surface area contributed by atoms with Crippen molar-refractivity contribution in [1.82, 2.24) is 19.8 Å². The molecule has 1 aromatic heterocycles. The monoisotopic (exact) mass is 292 g/mol. The van der Waals surface area contributed by atoms with E-state index in [1.54, 1.807) is 18.0 Å². The van der Waals surface area contributed by atoms with Crippen molar-refractivity contribution < 1.29 is 14.7 Å². The van der Waals surface area contributed by atoms with Gasteiger partial charge in [-0.1, -0.05) is 6.92 Å². The van der Waals surface area contributed by atoms with Crippen LogP contribution in [0.4, 0.5) is 0 Å². The Morgan fingerprint density at radius 1 is 1.48 bits per heavy atom. The number of fused-ring (bicyclic) bond motifs is 1. The third-order valence-electron chi connectivity index (χ3n) is 4.50. The predicted octanol–water partition coefficient (Wildman–Crippen LogP) is -0.643. The van der Waals surface area contributed by atoms with Gasteiger partial charge in [-0.25, -0.2) is 4.98 Å². The third kappa shape index (κ3) is 2.31. The van der Waals surface area contributed by atoms with E-state index in [0.717, 1.165) is 12.4 Å². The second-order valence-corrected chi connectivity index (χ2v) is 5.89. The third-order valence-corrected chi connectivity index (χ3v) is 4.50. The second-order valence-electron chi connectivity index (χ2n) is 5.89. The fraction of sp³-hybridized carbons (Fsp3) is 0.643. The molecular formula is C14H20N4O3. The molecule has 0 spiro atoms. The molecule has 21 heavy (non-hydrogen) atoms. The Morgan fingerprint density at radius 2 is 2.24 bits per heavy atom. The molecule has 4 atom stereocenters. The maximum Gasteiger partial charge on any atom is 0.228 e. The lowest BCUT2D eigenvalue weighted by atomic mass is 9.78. The summed E-state index contributed by atoms with van der Waals surface area (Å²) >= 11 is 0. The van der Waals surface area contributed by atoms with Crippen LogP contribution in [-0.4, -0.2) is 50.1 Å². The second kappa shape index (κ2) is 5.14. The van der Waals surface area contributed by atoms with Gasteiger partial charge in [-0.15, -0.1) is 0 Å². The maximum atomic E-state index is 12.6. The van der Waals surface area contributed by atoms with Crippen LogP contribution in [0, 0.1) is 11.8 Å². The van der Waals surface area contributed by atoms with Crippen LogP contribution in [0.1, 0.15) is 19.7 Å². The molecule has 3 heterocycles. The SMILES string of the molecule is CC(C(=O)N1CCn2ccnc2C1)[C@H]1NC(=O)[C@@H]1C(C)O. The van der Waals surface area contributed by atoms with E-state index in [2.05, 4.69) is 10.3 Å². The number of rotatable bonds is 3. The molecule has 2 N–H and O–H groups in total. The Labute approximate surface area is 122 Å². The Bertz CT molecular complexity index is 568. The van der Waals surface area contributed by atoms with E-state index in [0.29, 0.717) is 13.1 Å². The average molecular weight is 292 g/mol. The quantitative estimate of drug-likeness (QED) is 0.725. The van der Waals surface area contributed by atoms with E-state index in [-0.39, 0.29) is 23.8 Å². The Morgan fingerprint density at radius 3 is 2.90 bits per heavy atom. The van der Waals surface area contributed by atoms with Gasteiger partial charge in [0.05, 0.1) is 30.5 Å². The van der Waals surface area contributed by atoms with Gasteiger partial charge in [-0.2, -0.15) is 0 Å². The molecule has 1 saturated heterocycles. The van der Waals surface area contributed by atoms with E-state index < -0.39 is 12.0 Å². The van der Waals surface area contributed by atoms with Crippen LogP contribution >= 0.6 is 0 Å². The predicted molar refractivity (Wildman–Crippen MR) is 73.9 cm³/mol. The van der Waals surface area contributed by atoms with Crippen LogP contribution in [0.25, 0.3) is 0 Å². The van der Waals surface area contributed by atoms with Crippen molar-refractivity contribution in [2.45, 2.75) is 39.1 Å². The molecule has 1 aromatic rings. The fourth-order valence-electron chi connectivity index (χ4n) is 3.18. The first-order valence-corrected chi connectivity index (χ1v) is 7.26. The van der Waals surface area contributed by atoms with Gasteiger partial charge in [0.1, 0.15) is 5.82 Å². The largest absolute Gasteiger partial charge is 0.393 e. The molecule has 2 aliphatic rings. The summed E-state index contributed by atoms with van der Waals surface area (Å²) in [6.07, 6.45) is 2.91. The summed E-state index contributed by atoms with van der Waals surface area (Å²) in [5, 5.41) is 12.4. The number of carbonyl (C=O) groups is 2. The smallest absolute Gasteiger partial charge is 0.228 e. The number of imidazole rings is 1. The topological polar surface area (TPSA) is 87.5 Å². The van der Waals surface area contributed by atoms with Gasteiger partial charge in [-0.3, -0.25) is 9.59 Å². The molecule has 114 valence electrons. The van der Waals surface area contributed by atoms with Crippen molar-refractivity contribution in [3.05, 3.63) is 18.2 Å². The highest BCUT2D eigenvalue weighted by Gasteiger charge is 2.48. The zero-order valence-corrected chi connectivity index (χ0v) is 12.2. The summed E-state index contributed by atoms with van der Waals surface area (Å²) in [6, 6.07) is -0.285. The fourth-order valence-corrected chi connectivity index (χ4v) is 3.18. The molecule has 0 radical (unpaired) electrons. The van der Waals surface area contributed by atoms with Gasteiger partial charge in [0.15, 0.2) is 0 Å². The highest BCUT2D eigenvalue weighted by molar-refractivity contribution is 5.90. The standard InChI is InChI=1S/C14H20N4O3/c1-8(12-11(9(2)19)13(20)16-12)14(21)18-6-5-17-4-3-15-10(17)7-18/h3-4,8-9,11-12,19H,5-7H2,1-2H3,(H,16,20)/t8?,9?,11-,12-/m1/s1. The molecule has 2 aliphatic heterocycles. The van der Waals surface area contributed by atoms with E-state index >= 15 is 0 Å². The van der Waals surface area contributed by atoms with Crippen molar-refractivity contribution in [2.75, 3.05) is 6.54 Å². The molecule has 2 unspecified atom stereocenters. The minimum atomic E-state index is -0.737. The number of hydrogen-bond donors (Lipinski definition) is 2. The first kappa shape index (κ1) is 14.1. The highest BCUT2D eigenvalue weighted by Crippen LogP contribution is 2.27. The lowest BCUT2D eigenvalue weighted by Gasteiger charge is -2.43. The molecule has 7 heteroatoms. The first-order chi connectivity index (χ1) is 9.99. The summed E-state index contributed by atoms with van der Waals surface area (Å²) in [4.78, 5) is 30.1. The minimum Gasteiger partial charge on any atom is -0.393 e. The van der Waals surface area contributed by atoms with Crippen molar-refractivity contribution in [3.63, 3.8) is 0 Å². The summed E-state index contributed by atoms with van der Waals surface area (Å²) < 4.78 is 2.04. The normalized spacial score (nSPS) is 27.4. The number of hydrogen-bond acceptors (Lipinski definition) is 4. The van der Waals surface area contributed by atoms with Gasteiger partial charge in [0.2, 0.25) is 11.8 Å². The van der Waals surface area contributed by atoms with E-state index in [9.17, 15) is 14.7 Å². The summed E-state index contributed by atoms with van der Waals surface area (Å²) in [7, 11) is 0. The van der Waals surface area contributed by atoms with Gasteiger partial charge in [-0.05, 0) is 6.92 Å². The number of amides is 2. The molecular weight excluding hydrogens is 272 g/mol. The summed E-state index contributed by atoms with van der Waals surface area (Å²) in [6.45, 7) is 5.28. The number of β-lactam (4-membered cyclic amide) rings is 1. The van der Waals surface area contributed by atoms with Crippen LogP contribution in [0.2, 0.25) is 0 Å². The number of aromatic nitrogens is 2. The van der Waals surface area contributed by atoms with Crippen LogP contribution < -0.4 is 5.32 Å². The molecule has 0 saturated carbocycles. The van der Waals surface area contributed by atoms with Crippen molar-refractivity contribution in [2.24, 2.45) is 11.8 Å². The molecule has 2 amide bonds. The number of carbonyl (C=O) groups excluding carboxylic acids is 2. The van der Waals surface area contributed by atoms with Gasteiger partial charge in [0.25, 0.3) is 0 Å². The Kier molecular flexibility index (Phi) is 3.44. The van der Waals surface area contributed by atoms with Crippen LogP contribution in [-0.2, 0) is 22.7 Å². The van der Waals surface area contributed by atoms with Gasteiger partial charge in [0, 0.05) is 25.5 Å². The number of aliphatic hydroxyl groups is 1. The zero-order valence-electron chi connectivity index (χ0n) is 12.2. The van der Waals surface area contributed by atoms with Crippen LogP contribution in [0.15, 0.2) is 12.4 Å². The Balaban J connectivity index is 1.67. The molecule has 7 nitrogen and oxygen atoms in total. The van der Waals surface area contributed by atoms with Gasteiger partial charge < -0.3 is 19.9 Å². The van der Waals surface area contributed by atoms with E-state index in [4.69, 9.17) is 0 Å². The molecule has 0 aromatic carbocycles. The van der Waals surface area contributed by atoms with Crippen LogP contribution in [0.3, 0.4) is 0 Å². The summed E-state index contributed by atoms with van der Waals surface area (Å²) in [5.41, 5.74) is 0.